The fraction of sp³-hybridized carbons (Fsp3) is 0.233. The van der Waals surface area contributed by atoms with Gasteiger partial charge in [-0.2, -0.15) is 14.1 Å². The van der Waals surface area contributed by atoms with Crippen LogP contribution in [0.2, 0.25) is 5.02 Å². The van der Waals surface area contributed by atoms with Crippen molar-refractivity contribution in [3.05, 3.63) is 99.9 Å². The average molecular weight is 608 g/mol. The molecule has 0 spiro atoms. The molecule has 4 aromatic rings. The van der Waals surface area contributed by atoms with Gasteiger partial charge in [-0.05, 0) is 53.1 Å². The smallest absolute Gasteiger partial charge is 0.316 e. The normalized spacial score (nSPS) is 14.0. The SMILES string of the molecule is CC(=O)NCc1ccccc1-c1ccc(Oc2c(N3CCN(S(C)(=O)=O)CC3)cnn(-c3ccc(Cl)cc3)c2=O)cc1. The lowest BCUT2D eigenvalue weighted by molar-refractivity contribution is -0.119. The number of nitrogens with one attached hydrogen (secondary N) is 1. The summed E-state index contributed by atoms with van der Waals surface area (Å²) in [5, 5.41) is 7.76. The number of rotatable bonds is 8. The minimum Gasteiger partial charge on any atom is -0.449 e. The van der Waals surface area contributed by atoms with Crippen molar-refractivity contribution in [2.24, 2.45) is 0 Å². The van der Waals surface area contributed by atoms with Crippen molar-refractivity contribution in [3.8, 4) is 28.3 Å². The number of hydrogen-bond donors (Lipinski definition) is 1. The lowest BCUT2D eigenvalue weighted by Gasteiger charge is -2.35. The molecule has 0 bridgehead atoms. The summed E-state index contributed by atoms with van der Waals surface area (Å²) in [5.41, 5.74) is 3.39. The Hall–Kier alpha value is -4.19. The van der Waals surface area contributed by atoms with E-state index in [0.29, 0.717) is 41.8 Å². The third-order valence-electron chi connectivity index (χ3n) is 6.96. The van der Waals surface area contributed by atoms with E-state index in [0.717, 1.165) is 16.7 Å². The summed E-state index contributed by atoms with van der Waals surface area (Å²) in [5.74, 6) is 0.412. The average Bonchev–Trinajstić information content (AvgIpc) is 2.98. The second-order valence-corrected chi connectivity index (χ2v) is 12.3. The lowest BCUT2D eigenvalue weighted by Crippen LogP contribution is -2.48. The van der Waals surface area contributed by atoms with E-state index < -0.39 is 15.6 Å². The summed E-state index contributed by atoms with van der Waals surface area (Å²) in [4.78, 5) is 27.1. The van der Waals surface area contributed by atoms with Gasteiger partial charge in [0.15, 0.2) is 0 Å². The molecule has 5 rings (SSSR count). The maximum atomic E-state index is 13.8. The van der Waals surface area contributed by atoms with Crippen LogP contribution in [0.5, 0.6) is 11.5 Å². The molecule has 1 aliphatic heterocycles. The summed E-state index contributed by atoms with van der Waals surface area (Å²) in [6, 6.07) is 21.9. The van der Waals surface area contributed by atoms with Crippen LogP contribution in [0.15, 0.2) is 83.8 Å². The Labute approximate surface area is 249 Å². The van der Waals surface area contributed by atoms with Crippen molar-refractivity contribution < 1.29 is 17.9 Å². The predicted molar refractivity (Wildman–Crippen MR) is 163 cm³/mol. The van der Waals surface area contributed by atoms with Crippen molar-refractivity contribution in [1.29, 1.82) is 0 Å². The van der Waals surface area contributed by atoms with Crippen molar-refractivity contribution >= 4 is 33.2 Å². The zero-order chi connectivity index (χ0) is 29.9. The van der Waals surface area contributed by atoms with Gasteiger partial charge in [0.05, 0.1) is 18.1 Å². The summed E-state index contributed by atoms with van der Waals surface area (Å²) in [6.45, 7) is 3.20. The molecule has 0 radical (unpaired) electrons. The largest absolute Gasteiger partial charge is 0.449 e. The summed E-state index contributed by atoms with van der Waals surface area (Å²) >= 11 is 6.04. The van der Waals surface area contributed by atoms with Crippen molar-refractivity contribution in [1.82, 2.24) is 19.4 Å². The molecule has 1 fully saturated rings. The molecule has 1 aromatic heterocycles. The monoisotopic (exact) mass is 607 g/mol. The van der Waals surface area contributed by atoms with Crippen LogP contribution in [-0.4, -0.2) is 60.8 Å². The molecule has 2 heterocycles. The molecule has 0 saturated carbocycles. The molecule has 10 nitrogen and oxygen atoms in total. The number of anilines is 1. The topological polar surface area (TPSA) is 114 Å². The van der Waals surface area contributed by atoms with Crippen LogP contribution >= 0.6 is 11.6 Å². The number of amides is 1. The zero-order valence-corrected chi connectivity index (χ0v) is 24.7. The molecule has 1 aliphatic rings. The number of sulfonamides is 1. The summed E-state index contributed by atoms with van der Waals surface area (Å²) < 4.78 is 32.9. The highest BCUT2D eigenvalue weighted by atomic mass is 35.5. The van der Waals surface area contributed by atoms with Gasteiger partial charge >= 0.3 is 5.56 Å². The minimum atomic E-state index is -3.32. The standard InChI is InChI=1S/C30H30ClN5O5S/c1-21(37)32-19-23-5-3-4-6-27(23)22-7-13-26(14-8-22)41-29-28(34-15-17-35(18-16-34)42(2,39)40)20-33-36(30(29)38)25-11-9-24(31)10-12-25/h3-14,20H,15-19H2,1-2H3,(H,32,37). The number of carbonyl (C=O) groups excluding carboxylic acids is 1. The van der Waals surface area contributed by atoms with Gasteiger partial charge in [-0.25, -0.2) is 8.42 Å². The molecule has 3 aromatic carbocycles. The highest BCUT2D eigenvalue weighted by molar-refractivity contribution is 7.88. The van der Waals surface area contributed by atoms with Gasteiger partial charge in [0, 0.05) is 44.7 Å². The maximum absolute atomic E-state index is 13.8. The molecule has 0 aliphatic carbocycles. The molecule has 12 heteroatoms. The molecule has 1 saturated heterocycles. The number of carbonyl (C=O) groups is 1. The number of halogens is 1. The first-order chi connectivity index (χ1) is 20.1. The third kappa shape index (κ3) is 6.64. The Balaban J connectivity index is 1.48. The maximum Gasteiger partial charge on any atom is 0.316 e. The van der Waals surface area contributed by atoms with Gasteiger partial charge in [0.1, 0.15) is 11.4 Å². The number of hydrogen-bond acceptors (Lipinski definition) is 7. The van der Waals surface area contributed by atoms with Crippen LogP contribution in [0.4, 0.5) is 5.69 Å². The number of ether oxygens (including phenoxy) is 1. The first-order valence-corrected chi connectivity index (χ1v) is 15.5. The Morgan fingerprint density at radius 2 is 1.64 bits per heavy atom. The second kappa shape index (κ2) is 12.4. The number of nitrogens with zero attached hydrogens (tertiary/aromatic N) is 4. The van der Waals surface area contributed by atoms with E-state index in [4.69, 9.17) is 16.3 Å². The van der Waals surface area contributed by atoms with Crippen LogP contribution in [-0.2, 0) is 21.4 Å². The number of benzene rings is 3. The van der Waals surface area contributed by atoms with Crippen molar-refractivity contribution in [3.63, 3.8) is 0 Å². The van der Waals surface area contributed by atoms with E-state index in [1.54, 1.807) is 42.6 Å². The van der Waals surface area contributed by atoms with Gasteiger partial charge in [-0.1, -0.05) is 48.0 Å². The Bertz CT molecular complexity index is 1750. The number of aromatic nitrogens is 2. The first kappa shape index (κ1) is 29.3. The highest BCUT2D eigenvalue weighted by Crippen LogP contribution is 2.32. The molecule has 1 amide bonds. The molecular weight excluding hydrogens is 578 g/mol. The fourth-order valence-electron chi connectivity index (χ4n) is 4.77. The van der Waals surface area contributed by atoms with Gasteiger partial charge < -0.3 is 15.0 Å². The van der Waals surface area contributed by atoms with Crippen LogP contribution in [0.1, 0.15) is 12.5 Å². The van der Waals surface area contributed by atoms with Crippen LogP contribution in [0, 0.1) is 0 Å². The van der Waals surface area contributed by atoms with E-state index in [1.807, 2.05) is 41.3 Å². The van der Waals surface area contributed by atoms with E-state index in [-0.39, 0.29) is 24.7 Å². The molecule has 1 N–H and O–H groups in total. The van der Waals surface area contributed by atoms with Gasteiger partial charge in [0.25, 0.3) is 0 Å². The van der Waals surface area contributed by atoms with Crippen LogP contribution in [0.25, 0.3) is 16.8 Å². The van der Waals surface area contributed by atoms with Crippen LogP contribution < -0.4 is 20.5 Å². The quantitative estimate of drug-likeness (QED) is 0.321. The van der Waals surface area contributed by atoms with Crippen molar-refractivity contribution in [2.45, 2.75) is 13.5 Å². The zero-order valence-electron chi connectivity index (χ0n) is 23.2. The minimum absolute atomic E-state index is 0.0755. The van der Waals surface area contributed by atoms with E-state index in [9.17, 15) is 18.0 Å². The van der Waals surface area contributed by atoms with Gasteiger partial charge in [-0.3, -0.25) is 9.59 Å². The number of piperazine rings is 1. The Morgan fingerprint density at radius 3 is 2.29 bits per heavy atom. The molecule has 218 valence electrons. The molecular formula is C30H30ClN5O5S. The highest BCUT2D eigenvalue weighted by Gasteiger charge is 2.27. The second-order valence-electron chi connectivity index (χ2n) is 9.89. The summed E-state index contributed by atoms with van der Waals surface area (Å²) in [7, 11) is -3.32. The van der Waals surface area contributed by atoms with E-state index in [1.165, 1.54) is 22.2 Å². The van der Waals surface area contributed by atoms with Crippen molar-refractivity contribution in [2.75, 3.05) is 37.3 Å². The van der Waals surface area contributed by atoms with E-state index in [2.05, 4.69) is 10.4 Å². The predicted octanol–water partition coefficient (Wildman–Crippen LogP) is 4.06. The first-order valence-electron chi connectivity index (χ1n) is 13.3. The van der Waals surface area contributed by atoms with Gasteiger partial charge in [0.2, 0.25) is 21.7 Å². The van der Waals surface area contributed by atoms with Crippen LogP contribution in [0.3, 0.4) is 0 Å². The fourth-order valence-corrected chi connectivity index (χ4v) is 5.73. The molecule has 42 heavy (non-hydrogen) atoms. The van der Waals surface area contributed by atoms with E-state index >= 15 is 0 Å². The third-order valence-corrected chi connectivity index (χ3v) is 8.52. The summed E-state index contributed by atoms with van der Waals surface area (Å²) in [6.07, 6.45) is 2.75. The molecule has 0 unspecified atom stereocenters. The lowest BCUT2D eigenvalue weighted by atomic mass is 9.99. The molecule has 0 atom stereocenters. The van der Waals surface area contributed by atoms with Gasteiger partial charge in [-0.15, -0.1) is 0 Å². The Morgan fingerprint density at radius 1 is 0.976 bits per heavy atom. The Kier molecular flexibility index (Phi) is 8.62.